The number of ether oxygens (including phenoxy) is 1. The smallest absolute Gasteiger partial charge is 0.320 e. The molecular formula is C21H27N7O3. The van der Waals surface area contributed by atoms with Gasteiger partial charge >= 0.3 is 6.03 Å². The van der Waals surface area contributed by atoms with Crippen LogP contribution in [0.15, 0.2) is 30.5 Å². The first-order valence-electron chi connectivity index (χ1n) is 10.4. The molecule has 0 aromatic carbocycles. The van der Waals surface area contributed by atoms with Gasteiger partial charge in [0.15, 0.2) is 0 Å². The number of carbonyl (C=O) groups is 2. The minimum atomic E-state index is -0.257. The van der Waals surface area contributed by atoms with Gasteiger partial charge in [-0.15, -0.1) is 0 Å². The summed E-state index contributed by atoms with van der Waals surface area (Å²) in [4.78, 5) is 36.8. The summed E-state index contributed by atoms with van der Waals surface area (Å²) < 4.78 is 5.89. The van der Waals surface area contributed by atoms with Gasteiger partial charge in [0, 0.05) is 46.0 Å². The summed E-state index contributed by atoms with van der Waals surface area (Å²) in [6, 6.07) is 7.47. The summed E-state index contributed by atoms with van der Waals surface area (Å²) in [5.41, 5.74) is 2.37. The van der Waals surface area contributed by atoms with Crippen LogP contribution in [0, 0.1) is 0 Å². The van der Waals surface area contributed by atoms with E-state index < -0.39 is 0 Å². The van der Waals surface area contributed by atoms with Crippen LogP contribution in [0.1, 0.15) is 23.0 Å². The lowest BCUT2D eigenvalue weighted by Gasteiger charge is -2.45. The lowest BCUT2D eigenvalue weighted by Crippen LogP contribution is -2.57. The zero-order chi connectivity index (χ0) is 21.8. The normalized spacial score (nSPS) is 17.7. The summed E-state index contributed by atoms with van der Waals surface area (Å²) in [6.07, 6.45) is 1.71. The number of anilines is 2. The molecule has 1 unspecified atom stereocenters. The Morgan fingerprint density at radius 2 is 2.13 bits per heavy atom. The van der Waals surface area contributed by atoms with Crippen molar-refractivity contribution in [3.63, 3.8) is 0 Å². The highest BCUT2D eigenvalue weighted by Gasteiger charge is 2.34. The minimum Gasteiger partial charge on any atom is -0.474 e. The van der Waals surface area contributed by atoms with Crippen LogP contribution in [0.5, 0.6) is 5.88 Å². The molecule has 10 heteroatoms. The highest BCUT2D eigenvalue weighted by atomic mass is 16.5. The molecular weight excluding hydrogens is 398 g/mol. The van der Waals surface area contributed by atoms with Crippen molar-refractivity contribution in [3.8, 4) is 5.88 Å². The number of fused-ring (bicyclic) bond motifs is 3. The maximum Gasteiger partial charge on any atom is 0.320 e. The van der Waals surface area contributed by atoms with Gasteiger partial charge in [-0.2, -0.15) is 0 Å². The van der Waals surface area contributed by atoms with Crippen molar-refractivity contribution >= 4 is 23.4 Å². The number of nitrogens with one attached hydrogen (secondary N) is 3. The topological polar surface area (TPSA) is 112 Å². The second-order valence-electron chi connectivity index (χ2n) is 7.53. The standard InChI is InChI=1S/C21H27N7O3/c1-3-23-21(30)26-18-10-14(6-7-24-18)11-27-8-9-28-15(12-27)13-31-20-17(28)5-4-16(25-20)19(29)22-2/h4-7,10,15H,3,8-9,11-13H2,1-2H3,(H,22,29)(H2,23,24,26,30). The first-order valence-corrected chi connectivity index (χ1v) is 10.4. The number of carbonyl (C=O) groups excluding carboxylic acids is 2. The van der Waals surface area contributed by atoms with E-state index in [1.165, 1.54) is 0 Å². The van der Waals surface area contributed by atoms with Crippen molar-refractivity contribution in [2.24, 2.45) is 0 Å². The zero-order valence-corrected chi connectivity index (χ0v) is 17.7. The molecule has 31 heavy (non-hydrogen) atoms. The monoisotopic (exact) mass is 425 g/mol. The van der Waals surface area contributed by atoms with Crippen molar-refractivity contribution in [3.05, 3.63) is 41.7 Å². The second-order valence-corrected chi connectivity index (χ2v) is 7.53. The van der Waals surface area contributed by atoms with Crippen LogP contribution in [0.4, 0.5) is 16.3 Å². The van der Waals surface area contributed by atoms with Crippen LogP contribution in [0.3, 0.4) is 0 Å². The molecule has 2 aromatic rings. The molecule has 1 saturated heterocycles. The number of rotatable bonds is 5. The van der Waals surface area contributed by atoms with Crippen molar-refractivity contribution in [1.29, 1.82) is 0 Å². The van der Waals surface area contributed by atoms with Crippen LogP contribution in [-0.2, 0) is 6.54 Å². The van der Waals surface area contributed by atoms with Gasteiger partial charge < -0.3 is 20.3 Å². The van der Waals surface area contributed by atoms with E-state index in [1.54, 1.807) is 19.3 Å². The number of nitrogens with zero attached hydrogens (tertiary/aromatic N) is 4. The molecule has 4 heterocycles. The maximum atomic E-state index is 11.8. The molecule has 0 spiro atoms. The van der Waals surface area contributed by atoms with Crippen LogP contribution in [-0.4, -0.2) is 72.7 Å². The van der Waals surface area contributed by atoms with Gasteiger partial charge in [-0.1, -0.05) is 0 Å². The van der Waals surface area contributed by atoms with Crippen molar-refractivity contribution in [2.75, 3.05) is 50.1 Å². The third kappa shape index (κ3) is 4.69. The Kier molecular flexibility index (Phi) is 6.17. The van der Waals surface area contributed by atoms with E-state index in [-0.39, 0.29) is 18.0 Å². The first kappa shape index (κ1) is 20.9. The van der Waals surface area contributed by atoms with Crippen LogP contribution in [0.2, 0.25) is 0 Å². The molecule has 0 saturated carbocycles. The maximum absolute atomic E-state index is 11.8. The van der Waals surface area contributed by atoms with Crippen LogP contribution >= 0.6 is 0 Å². The van der Waals surface area contributed by atoms with E-state index in [9.17, 15) is 9.59 Å². The molecule has 2 aromatic heterocycles. The predicted molar refractivity (Wildman–Crippen MR) is 116 cm³/mol. The van der Waals surface area contributed by atoms with Gasteiger partial charge in [0.25, 0.3) is 5.91 Å². The lowest BCUT2D eigenvalue weighted by atomic mass is 10.1. The predicted octanol–water partition coefficient (Wildman–Crippen LogP) is 1.06. The quantitative estimate of drug-likeness (QED) is 0.657. The van der Waals surface area contributed by atoms with Crippen LogP contribution in [0.25, 0.3) is 0 Å². The van der Waals surface area contributed by atoms with Gasteiger partial charge in [-0.3, -0.25) is 15.0 Å². The average molecular weight is 425 g/mol. The minimum absolute atomic E-state index is 0.212. The molecule has 0 aliphatic carbocycles. The van der Waals surface area contributed by atoms with Crippen molar-refractivity contribution in [1.82, 2.24) is 25.5 Å². The number of urea groups is 1. The molecule has 2 aliphatic heterocycles. The Balaban J connectivity index is 1.39. The number of piperazine rings is 1. The molecule has 3 amide bonds. The highest BCUT2D eigenvalue weighted by molar-refractivity contribution is 5.92. The fourth-order valence-corrected chi connectivity index (χ4v) is 3.93. The largest absolute Gasteiger partial charge is 0.474 e. The van der Waals surface area contributed by atoms with Crippen molar-refractivity contribution < 1.29 is 14.3 Å². The van der Waals surface area contributed by atoms with E-state index in [2.05, 4.69) is 35.7 Å². The SMILES string of the molecule is CCNC(=O)Nc1cc(CN2CCN3c4ccc(C(=O)NC)nc4OCC3C2)ccn1. The molecule has 4 rings (SSSR count). The molecule has 3 N–H and O–H groups in total. The Hall–Kier alpha value is -3.40. The molecule has 164 valence electrons. The first-order chi connectivity index (χ1) is 15.1. The highest BCUT2D eigenvalue weighted by Crippen LogP contribution is 2.34. The number of hydrogen-bond acceptors (Lipinski definition) is 7. The number of pyridine rings is 2. The van der Waals surface area contributed by atoms with E-state index in [0.29, 0.717) is 30.5 Å². The Morgan fingerprint density at radius 1 is 1.26 bits per heavy atom. The average Bonchev–Trinajstić information content (AvgIpc) is 2.78. The van der Waals surface area contributed by atoms with Crippen molar-refractivity contribution in [2.45, 2.75) is 19.5 Å². The molecule has 0 radical (unpaired) electrons. The third-order valence-corrected chi connectivity index (χ3v) is 5.40. The van der Waals surface area contributed by atoms with Gasteiger partial charge in [0.2, 0.25) is 5.88 Å². The summed E-state index contributed by atoms with van der Waals surface area (Å²) in [7, 11) is 1.58. The van der Waals surface area contributed by atoms with Gasteiger partial charge in [0.1, 0.15) is 23.8 Å². The third-order valence-electron chi connectivity index (χ3n) is 5.40. The Labute approximate surface area is 181 Å². The fraction of sp³-hybridized carbons (Fsp3) is 0.429. The fourth-order valence-electron chi connectivity index (χ4n) is 3.93. The van der Waals surface area contributed by atoms with Gasteiger partial charge in [-0.25, -0.2) is 14.8 Å². The molecule has 2 aliphatic rings. The summed E-state index contributed by atoms with van der Waals surface area (Å²) in [6.45, 7) is 6.29. The Morgan fingerprint density at radius 3 is 2.94 bits per heavy atom. The molecule has 1 fully saturated rings. The molecule has 10 nitrogen and oxygen atoms in total. The van der Waals surface area contributed by atoms with Gasteiger partial charge in [-0.05, 0) is 36.8 Å². The molecule has 0 bridgehead atoms. The van der Waals surface area contributed by atoms with Gasteiger partial charge in [0.05, 0.1) is 6.04 Å². The second kappa shape index (κ2) is 9.17. The zero-order valence-electron chi connectivity index (χ0n) is 17.7. The van der Waals surface area contributed by atoms with E-state index in [4.69, 9.17) is 4.74 Å². The van der Waals surface area contributed by atoms with E-state index >= 15 is 0 Å². The molecule has 1 atom stereocenters. The van der Waals surface area contributed by atoms with Crippen LogP contribution < -0.4 is 25.6 Å². The number of hydrogen-bond donors (Lipinski definition) is 3. The number of aromatic nitrogens is 2. The van der Waals surface area contributed by atoms with E-state index in [1.807, 2.05) is 25.1 Å². The summed E-state index contributed by atoms with van der Waals surface area (Å²) >= 11 is 0. The lowest BCUT2D eigenvalue weighted by molar-refractivity contribution is 0.0956. The summed E-state index contributed by atoms with van der Waals surface area (Å²) in [5.74, 6) is 0.827. The Bertz CT molecular complexity index is 968. The van der Waals surface area contributed by atoms with E-state index in [0.717, 1.165) is 37.4 Å². The number of amides is 3. The summed E-state index contributed by atoms with van der Waals surface area (Å²) in [5, 5.41) is 8.04.